The third-order valence-electron chi connectivity index (χ3n) is 3.54. The van der Waals surface area contributed by atoms with Gasteiger partial charge in [0, 0.05) is 18.4 Å². The van der Waals surface area contributed by atoms with Crippen molar-refractivity contribution in [3.63, 3.8) is 0 Å². The number of carbonyl (C=O) groups excluding carboxylic acids is 3. The van der Waals surface area contributed by atoms with E-state index >= 15 is 0 Å². The normalized spacial score (nSPS) is 14.0. The highest BCUT2D eigenvalue weighted by molar-refractivity contribution is 6.05. The fourth-order valence-corrected chi connectivity index (χ4v) is 2.35. The summed E-state index contributed by atoms with van der Waals surface area (Å²) >= 11 is 0. The summed E-state index contributed by atoms with van der Waals surface area (Å²) in [5.41, 5.74) is 0.668. The largest absolute Gasteiger partial charge is 0.494 e. The van der Waals surface area contributed by atoms with Gasteiger partial charge in [0.25, 0.3) is 0 Å². The topological polar surface area (TPSA) is 115 Å². The fourth-order valence-electron chi connectivity index (χ4n) is 2.35. The number of amides is 3. The van der Waals surface area contributed by atoms with Gasteiger partial charge in [-0.1, -0.05) is 5.10 Å². The lowest BCUT2D eigenvalue weighted by molar-refractivity contribution is -0.141. The number of rotatable bonds is 6. The highest BCUT2D eigenvalue weighted by atomic mass is 16.5. The molecule has 0 bridgehead atoms. The Hall–Kier alpha value is -3.23. The van der Waals surface area contributed by atoms with Crippen LogP contribution in [0.4, 0.5) is 6.01 Å². The number of benzene rings is 1. The molecule has 25 heavy (non-hydrogen) atoms. The molecule has 9 nitrogen and oxygen atoms in total. The van der Waals surface area contributed by atoms with Crippen molar-refractivity contribution >= 4 is 23.7 Å². The van der Waals surface area contributed by atoms with E-state index in [4.69, 9.17) is 9.15 Å². The monoisotopic (exact) mass is 344 g/mol. The van der Waals surface area contributed by atoms with Crippen LogP contribution in [0.5, 0.6) is 5.75 Å². The van der Waals surface area contributed by atoms with Gasteiger partial charge >= 0.3 is 6.01 Å². The van der Waals surface area contributed by atoms with E-state index in [1.807, 2.05) is 6.92 Å². The number of imide groups is 1. The van der Waals surface area contributed by atoms with E-state index in [2.05, 4.69) is 15.5 Å². The van der Waals surface area contributed by atoms with Crippen molar-refractivity contribution in [1.82, 2.24) is 15.1 Å². The van der Waals surface area contributed by atoms with Crippen LogP contribution in [0.1, 0.15) is 19.8 Å². The molecule has 1 aromatic carbocycles. The van der Waals surface area contributed by atoms with Gasteiger partial charge in [-0.05, 0) is 31.2 Å². The van der Waals surface area contributed by atoms with Crippen molar-refractivity contribution in [2.24, 2.45) is 0 Å². The Labute approximate surface area is 143 Å². The highest BCUT2D eigenvalue weighted by Gasteiger charge is 2.30. The molecule has 3 amide bonds. The van der Waals surface area contributed by atoms with Gasteiger partial charge in [-0.25, -0.2) is 0 Å². The summed E-state index contributed by atoms with van der Waals surface area (Å²) in [6.45, 7) is 2.10. The molecule has 1 fully saturated rings. The summed E-state index contributed by atoms with van der Waals surface area (Å²) in [4.78, 5) is 35.8. The summed E-state index contributed by atoms with van der Waals surface area (Å²) in [7, 11) is 0. The van der Waals surface area contributed by atoms with Gasteiger partial charge in [0.05, 0.1) is 6.61 Å². The summed E-state index contributed by atoms with van der Waals surface area (Å²) in [6, 6.07) is 6.95. The van der Waals surface area contributed by atoms with Crippen molar-refractivity contribution < 1.29 is 23.5 Å². The lowest BCUT2D eigenvalue weighted by Gasteiger charge is -2.11. The maximum absolute atomic E-state index is 11.9. The van der Waals surface area contributed by atoms with E-state index < -0.39 is 5.91 Å². The molecule has 0 spiro atoms. The molecule has 2 heterocycles. The first-order chi connectivity index (χ1) is 12.1. The minimum absolute atomic E-state index is 0.104. The van der Waals surface area contributed by atoms with Crippen molar-refractivity contribution in [3.05, 3.63) is 24.3 Å². The van der Waals surface area contributed by atoms with Gasteiger partial charge < -0.3 is 9.15 Å². The standard InChI is InChI=1S/C16H16N4O5/c1-2-24-11-5-3-10(4-6-11)15-18-19-16(25-15)17-12(21)9-20-13(22)7-8-14(20)23/h3-6H,2,7-9H2,1H3,(H,17,19,21). The van der Waals surface area contributed by atoms with Crippen LogP contribution in [0.25, 0.3) is 11.5 Å². The molecular formula is C16H16N4O5. The third kappa shape index (κ3) is 3.82. The van der Waals surface area contributed by atoms with Crippen LogP contribution in [0.2, 0.25) is 0 Å². The molecule has 9 heteroatoms. The van der Waals surface area contributed by atoms with Crippen LogP contribution in [-0.4, -0.2) is 46.0 Å². The van der Waals surface area contributed by atoms with Crippen LogP contribution in [-0.2, 0) is 14.4 Å². The minimum atomic E-state index is -0.578. The van der Waals surface area contributed by atoms with E-state index in [1.165, 1.54) is 0 Å². The minimum Gasteiger partial charge on any atom is -0.494 e. The number of likely N-dealkylation sites (tertiary alicyclic amines) is 1. The van der Waals surface area contributed by atoms with Crippen LogP contribution in [0.3, 0.4) is 0 Å². The number of nitrogens with one attached hydrogen (secondary N) is 1. The van der Waals surface area contributed by atoms with Gasteiger partial charge in [-0.15, -0.1) is 5.10 Å². The van der Waals surface area contributed by atoms with E-state index in [0.717, 1.165) is 10.6 Å². The predicted octanol–water partition coefficient (Wildman–Crippen LogP) is 1.22. The first kappa shape index (κ1) is 16.6. The summed E-state index contributed by atoms with van der Waals surface area (Å²) in [5, 5.41) is 9.97. The average Bonchev–Trinajstić information content (AvgIpc) is 3.18. The molecule has 1 aromatic heterocycles. The van der Waals surface area contributed by atoms with Gasteiger partial charge in [-0.2, -0.15) is 0 Å². The predicted molar refractivity (Wildman–Crippen MR) is 85.5 cm³/mol. The Balaban J connectivity index is 1.62. The summed E-state index contributed by atoms with van der Waals surface area (Å²) in [6.07, 6.45) is 0.267. The van der Waals surface area contributed by atoms with Gasteiger partial charge in [0.1, 0.15) is 12.3 Å². The van der Waals surface area contributed by atoms with Crippen molar-refractivity contribution in [1.29, 1.82) is 0 Å². The van der Waals surface area contributed by atoms with E-state index in [-0.39, 0.29) is 43.1 Å². The van der Waals surface area contributed by atoms with Gasteiger partial charge in [0.15, 0.2) is 0 Å². The van der Waals surface area contributed by atoms with E-state index in [1.54, 1.807) is 24.3 Å². The lowest BCUT2D eigenvalue weighted by atomic mass is 10.2. The smallest absolute Gasteiger partial charge is 0.322 e. The van der Waals surface area contributed by atoms with Gasteiger partial charge in [-0.3, -0.25) is 24.6 Å². The quantitative estimate of drug-likeness (QED) is 0.784. The molecule has 1 aliphatic rings. The Kier molecular flexibility index (Phi) is 4.73. The summed E-state index contributed by atoms with van der Waals surface area (Å²) in [5.74, 6) is -0.349. The molecule has 2 aromatic rings. The maximum Gasteiger partial charge on any atom is 0.322 e. The van der Waals surface area contributed by atoms with Crippen LogP contribution < -0.4 is 10.1 Å². The number of nitrogens with zero attached hydrogens (tertiary/aromatic N) is 3. The van der Waals surface area contributed by atoms with Crippen LogP contribution in [0, 0.1) is 0 Å². The second-order valence-electron chi connectivity index (χ2n) is 5.29. The summed E-state index contributed by atoms with van der Waals surface area (Å²) < 4.78 is 10.7. The Morgan fingerprint density at radius 3 is 2.52 bits per heavy atom. The van der Waals surface area contributed by atoms with Crippen molar-refractivity contribution in [3.8, 4) is 17.2 Å². The third-order valence-corrected chi connectivity index (χ3v) is 3.54. The molecule has 1 N–H and O–H groups in total. The zero-order valence-electron chi connectivity index (χ0n) is 13.5. The second kappa shape index (κ2) is 7.12. The Bertz CT molecular complexity index is 783. The molecule has 0 atom stereocenters. The first-order valence-corrected chi connectivity index (χ1v) is 7.76. The zero-order valence-corrected chi connectivity index (χ0v) is 13.5. The molecule has 130 valence electrons. The Morgan fingerprint density at radius 2 is 1.88 bits per heavy atom. The molecule has 0 radical (unpaired) electrons. The molecule has 0 saturated carbocycles. The lowest BCUT2D eigenvalue weighted by Crippen LogP contribution is -2.36. The number of hydrogen-bond donors (Lipinski definition) is 1. The number of ether oxygens (including phenoxy) is 1. The number of hydrogen-bond acceptors (Lipinski definition) is 7. The zero-order chi connectivity index (χ0) is 17.8. The van der Waals surface area contributed by atoms with Crippen molar-refractivity contribution in [2.75, 3.05) is 18.5 Å². The van der Waals surface area contributed by atoms with Crippen LogP contribution in [0.15, 0.2) is 28.7 Å². The van der Waals surface area contributed by atoms with E-state index in [0.29, 0.717) is 12.2 Å². The first-order valence-electron chi connectivity index (χ1n) is 7.76. The second-order valence-corrected chi connectivity index (χ2v) is 5.29. The molecule has 1 aliphatic heterocycles. The number of carbonyl (C=O) groups is 3. The van der Waals surface area contributed by atoms with Crippen LogP contribution >= 0.6 is 0 Å². The molecule has 0 aliphatic carbocycles. The molecule has 3 rings (SSSR count). The Morgan fingerprint density at radius 1 is 1.20 bits per heavy atom. The maximum atomic E-state index is 11.9. The number of anilines is 1. The fraction of sp³-hybridized carbons (Fsp3) is 0.312. The SMILES string of the molecule is CCOc1ccc(-c2nnc(NC(=O)CN3C(=O)CCC3=O)o2)cc1. The van der Waals surface area contributed by atoms with Gasteiger partial charge in [0.2, 0.25) is 23.6 Å². The van der Waals surface area contributed by atoms with E-state index in [9.17, 15) is 14.4 Å². The van der Waals surface area contributed by atoms with Crippen molar-refractivity contribution in [2.45, 2.75) is 19.8 Å². The molecule has 1 saturated heterocycles. The molecule has 0 unspecified atom stereocenters. The average molecular weight is 344 g/mol. The molecular weight excluding hydrogens is 328 g/mol. The number of aromatic nitrogens is 2. The highest BCUT2D eigenvalue weighted by Crippen LogP contribution is 2.22.